The number of imidazole rings is 1. The molecule has 1 aliphatic carbocycles. The van der Waals surface area contributed by atoms with Crippen LogP contribution in [-0.2, 0) is 0 Å². The van der Waals surface area contributed by atoms with Gasteiger partial charge >= 0.3 is 0 Å². The Bertz CT molecular complexity index is 685. The molecule has 1 aromatic carbocycles. The molecule has 1 aliphatic rings. The Morgan fingerprint density at radius 3 is 2.48 bits per heavy atom. The first-order chi connectivity index (χ1) is 12.1. The van der Waals surface area contributed by atoms with Crippen molar-refractivity contribution in [2.45, 2.75) is 44.1 Å². The maximum absolute atomic E-state index is 12.8. The number of hydrogen-bond donors (Lipinski definition) is 1. The first kappa shape index (κ1) is 17.7. The van der Waals surface area contributed by atoms with E-state index in [1.165, 1.54) is 25.7 Å². The molecule has 134 valence electrons. The fraction of sp³-hybridized carbons (Fsp3) is 0.500. The fourth-order valence-electron chi connectivity index (χ4n) is 3.76. The summed E-state index contributed by atoms with van der Waals surface area (Å²) in [4.78, 5) is 19.3. The van der Waals surface area contributed by atoms with Crippen molar-refractivity contribution in [3.8, 4) is 5.69 Å². The van der Waals surface area contributed by atoms with Gasteiger partial charge in [-0.2, -0.15) is 0 Å². The number of benzene rings is 1. The van der Waals surface area contributed by atoms with E-state index in [0.29, 0.717) is 12.2 Å². The Morgan fingerprint density at radius 1 is 1.16 bits per heavy atom. The van der Waals surface area contributed by atoms with E-state index < -0.39 is 0 Å². The van der Waals surface area contributed by atoms with Crippen molar-refractivity contribution in [3.05, 3.63) is 48.5 Å². The average molecular weight is 340 g/mol. The molecule has 1 fully saturated rings. The van der Waals surface area contributed by atoms with E-state index in [2.05, 4.69) is 29.3 Å². The molecule has 5 nitrogen and oxygen atoms in total. The molecule has 0 radical (unpaired) electrons. The van der Waals surface area contributed by atoms with E-state index in [0.717, 1.165) is 18.5 Å². The van der Waals surface area contributed by atoms with Crippen LogP contribution >= 0.6 is 0 Å². The second kappa shape index (κ2) is 7.83. The van der Waals surface area contributed by atoms with Crippen LogP contribution < -0.4 is 5.32 Å². The van der Waals surface area contributed by atoms with Crippen LogP contribution in [-0.4, -0.2) is 46.5 Å². The smallest absolute Gasteiger partial charge is 0.269 e. The number of rotatable bonds is 5. The van der Waals surface area contributed by atoms with E-state index >= 15 is 0 Å². The van der Waals surface area contributed by atoms with Crippen molar-refractivity contribution < 1.29 is 4.79 Å². The minimum Gasteiger partial charge on any atom is -0.349 e. The molecule has 0 bridgehead atoms. The van der Waals surface area contributed by atoms with E-state index in [1.807, 2.05) is 34.9 Å². The van der Waals surface area contributed by atoms with Gasteiger partial charge in [0.15, 0.2) is 0 Å². The van der Waals surface area contributed by atoms with E-state index in [4.69, 9.17) is 0 Å². The SMILES string of the molecule is CN(C)C1(CNC(=O)c2cncn2-c2ccccc2)CCCCCC1. The Hall–Kier alpha value is -2.14. The van der Waals surface area contributed by atoms with Gasteiger partial charge in [-0.3, -0.25) is 9.36 Å². The molecule has 0 spiro atoms. The van der Waals surface area contributed by atoms with E-state index in [9.17, 15) is 4.79 Å². The van der Waals surface area contributed by atoms with Gasteiger partial charge in [0.25, 0.3) is 5.91 Å². The van der Waals surface area contributed by atoms with Gasteiger partial charge in [0.2, 0.25) is 0 Å². The number of nitrogens with one attached hydrogen (secondary N) is 1. The Morgan fingerprint density at radius 2 is 1.84 bits per heavy atom. The summed E-state index contributed by atoms with van der Waals surface area (Å²) in [6.45, 7) is 0.679. The lowest BCUT2D eigenvalue weighted by molar-refractivity contribution is 0.0863. The summed E-state index contributed by atoms with van der Waals surface area (Å²) in [5.74, 6) is -0.0631. The van der Waals surface area contributed by atoms with Crippen molar-refractivity contribution in [2.75, 3.05) is 20.6 Å². The highest BCUT2D eigenvalue weighted by Crippen LogP contribution is 2.30. The van der Waals surface area contributed by atoms with Crippen molar-refractivity contribution >= 4 is 5.91 Å². The van der Waals surface area contributed by atoms with Crippen molar-refractivity contribution in [1.29, 1.82) is 0 Å². The lowest BCUT2D eigenvalue weighted by atomic mass is 9.88. The van der Waals surface area contributed by atoms with E-state index in [-0.39, 0.29) is 11.4 Å². The van der Waals surface area contributed by atoms with Crippen LogP contribution in [0.15, 0.2) is 42.9 Å². The predicted octanol–water partition coefficient (Wildman–Crippen LogP) is 3.26. The number of likely N-dealkylation sites (N-methyl/N-ethyl adjacent to an activating group) is 1. The fourth-order valence-corrected chi connectivity index (χ4v) is 3.76. The zero-order chi connectivity index (χ0) is 17.7. The van der Waals surface area contributed by atoms with Gasteiger partial charge in [0, 0.05) is 17.8 Å². The van der Waals surface area contributed by atoms with Crippen LogP contribution in [0.25, 0.3) is 5.69 Å². The summed E-state index contributed by atoms with van der Waals surface area (Å²) in [7, 11) is 4.26. The molecule has 0 atom stereocenters. The van der Waals surface area contributed by atoms with Crippen LogP contribution in [0.4, 0.5) is 0 Å². The predicted molar refractivity (Wildman–Crippen MR) is 100 cm³/mol. The van der Waals surface area contributed by atoms with Crippen LogP contribution in [0, 0.1) is 0 Å². The topological polar surface area (TPSA) is 50.2 Å². The summed E-state index contributed by atoms with van der Waals surface area (Å²) >= 11 is 0. The molecule has 5 heteroatoms. The van der Waals surface area contributed by atoms with Gasteiger partial charge in [-0.1, -0.05) is 43.9 Å². The summed E-state index contributed by atoms with van der Waals surface area (Å²) in [5.41, 5.74) is 1.58. The molecule has 1 heterocycles. The molecule has 1 N–H and O–H groups in total. The summed E-state index contributed by atoms with van der Waals surface area (Å²) in [6.07, 6.45) is 10.7. The molecule has 25 heavy (non-hydrogen) atoms. The third-order valence-electron chi connectivity index (χ3n) is 5.47. The minimum atomic E-state index is -0.0631. The quantitative estimate of drug-likeness (QED) is 0.850. The van der Waals surface area contributed by atoms with Gasteiger partial charge in [0.1, 0.15) is 5.69 Å². The summed E-state index contributed by atoms with van der Waals surface area (Å²) in [6, 6.07) is 9.84. The maximum Gasteiger partial charge on any atom is 0.269 e. The molecular formula is C20H28N4O. The normalized spacial score (nSPS) is 17.2. The monoisotopic (exact) mass is 340 g/mol. The van der Waals surface area contributed by atoms with Gasteiger partial charge in [-0.25, -0.2) is 4.98 Å². The number of carbonyl (C=O) groups is 1. The highest BCUT2D eigenvalue weighted by atomic mass is 16.2. The maximum atomic E-state index is 12.8. The van der Waals surface area contributed by atoms with E-state index in [1.54, 1.807) is 12.5 Å². The van der Waals surface area contributed by atoms with Crippen LogP contribution in [0.2, 0.25) is 0 Å². The molecule has 2 aromatic rings. The van der Waals surface area contributed by atoms with Crippen molar-refractivity contribution in [3.63, 3.8) is 0 Å². The Kier molecular flexibility index (Phi) is 5.53. The molecular weight excluding hydrogens is 312 g/mol. The molecule has 0 unspecified atom stereocenters. The van der Waals surface area contributed by atoms with Gasteiger partial charge in [-0.05, 0) is 39.1 Å². The zero-order valence-electron chi connectivity index (χ0n) is 15.2. The highest BCUT2D eigenvalue weighted by Gasteiger charge is 2.33. The van der Waals surface area contributed by atoms with Gasteiger partial charge < -0.3 is 10.2 Å². The highest BCUT2D eigenvalue weighted by molar-refractivity contribution is 5.93. The Balaban J connectivity index is 1.73. The zero-order valence-corrected chi connectivity index (χ0v) is 15.2. The lowest BCUT2D eigenvalue weighted by Crippen LogP contribution is -2.52. The first-order valence-corrected chi connectivity index (χ1v) is 9.16. The second-order valence-corrected chi connectivity index (χ2v) is 7.20. The van der Waals surface area contributed by atoms with Crippen molar-refractivity contribution in [2.24, 2.45) is 0 Å². The lowest BCUT2D eigenvalue weighted by Gasteiger charge is -2.39. The summed E-state index contributed by atoms with van der Waals surface area (Å²) in [5, 5.41) is 3.17. The second-order valence-electron chi connectivity index (χ2n) is 7.20. The number of amides is 1. The van der Waals surface area contributed by atoms with Crippen LogP contribution in [0.3, 0.4) is 0 Å². The van der Waals surface area contributed by atoms with Gasteiger partial charge in [0.05, 0.1) is 12.5 Å². The number of nitrogens with zero attached hydrogens (tertiary/aromatic N) is 3. The van der Waals surface area contributed by atoms with Gasteiger partial charge in [-0.15, -0.1) is 0 Å². The largest absolute Gasteiger partial charge is 0.349 e. The Labute approximate surface area is 150 Å². The molecule has 1 aromatic heterocycles. The number of aromatic nitrogens is 2. The molecule has 1 amide bonds. The first-order valence-electron chi connectivity index (χ1n) is 9.16. The molecule has 0 aliphatic heterocycles. The summed E-state index contributed by atoms with van der Waals surface area (Å²) < 4.78 is 1.84. The number of carbonyl (C=O) groups excluding carboxylic acids is 1. The third-order valence-corrected chi connectivity index (χ3v) is 5.47. The van der Waals surface area contributed by atoms with Crippen LogP contribution in [0.5, 0.6) is 0 Å². The third kappa shape index (κ3) is 3.93. The molecule has 3 rings (SSSR count). The standard InChI is InChI=1S/C20H28N4O/c1-23(2)20(12-8-3-4-9-13-20)15-22-19(25)18-14-21-16-24(18)17-10-6-5-7-11-17/h5-7,10-11,14,16H,3-4,8-9,12-13,15H2,1-2H3,(H,22,25). The average Bonchev–Trinajstić information content (AvgIpc) is 2.99. The molecule has 0 saturated heterocycles. The number of para-hydroxylation sites is 1. The number of hydrogen-bond acceptors (Lipinski definition) is 3. The van der Waals surface area contributed by atoms with Crippen LogP contribution in [0.1, 0.15) is 49.0 Å². The van der Waals surface area contributed by atoms with Crippen molar-refractivity contribution in [1.82, 2.24) is 19.8 Å². The minimum absolute atomic E-state index is 0.0593. The molecule has 1 saturated carbocycles.